The van der Waals surface area contributed by atoms with E-state index in [2.05, 4.69) is 10.1 Å². The number of hydrogen-bond acceptors (Lipinski definition) is 5. The van der Waals surface area contributed by atoms with Crippen molar-refractivity contribution in [3.63, 3.8) is 0 Å². The molecule has 0 saturated carbocycles. The topological polar surface area (TPSA) is 98.2 Å². The summed E-state index contributed by atoms with van der Waals surface area (Å²) in [6, 6.07) is 0. The number of oxazole rings is 1. The lowest BCUT2D eigenvalue weighted by molar-refractivity contribution is 0.0696. The van der Waals surface area contributed by atoms with Crippen molar-refractivity contribution in [2.24, 2.45) is 7.05 Å². The largest absolute Gasteiger partial charge is 0.478 e. The van der Waals surface area contributed by atoms with E-state index in [0.717, 1.165) is 0 Å². The van der Waals surface area contributed by atoms with Crippen LogP contribution >= 0.6 is 0 Å². The molecule has 7 heteroatoms. The van der Waals surface area contributed by atoms with Crippen LogP contribution in [0.15, 0.2) is 23.0 Å². The molecule has 0 unspecified atom stereocenters. The van der Waals surface area contributed by atoms with Crippen LogP contribution in [0.2, 0.25) is 0 Å². The number of allylic oxidation sites excluding steroid dienone is 1. The maximum Gasteiger partial charge on any atom is 0.339 e. The minimum absolute atomic E-state index is 0.0320. The van der Waals surface area contributed by atoms with Crippen LogP contribution in [0.1, 0.15) is 52.2 Å². The molecule has 0 saturated heterocycles. The van der Waals surface area contributed by atoms with Crippen LogP contribution in [0.5, 0.6) is 0 Å². The van der Waals surface area contributed by atoms with Crippen LogP contribution in [-0.4, -0.2) is 31.6 Å². The van der Waals surface area contributed by atoms with Gasteiger partial charge in [0, 0.05) is 13.0 Å². The monoisotopic (exact) mass is 289 g/mol. The third-order valence-corrected chi connectivity index (χ3v) is 2.88. The Labute approximate surface area is 120 Å². The molecule has 0 aliphatic rings. The van der Waals surface area contributed by atoms with E-state index < -0.39 is 5.97 Å². The Morgan fingerprint density at radius 2 is 2.14 bits per heavy atom. The lowest BCUT2D eigenvalue weighted by Crippen LogP contribution is -2.01. The molecular weight excluding hydrogens is 274 g/mol. The third-order valence-electron chi connectivity index (χ3n) is 2.88. The van der Waals surface area contributed by atoms with Crippen LogP contribution in [-0.2, 0) is 7.05 Å². The molecule has 2 heterocycles. The highest BCUT2D eigenvalue weighted by molar-refractivity contribution is 6.05. The van der Waals surface area contributed by atoms with E-state index in [9.17, 15) is 9.59 Å². The molecule has 0 fully saturated rings. The molecule has 0 bridgehead atoms. The highest BCUT2D eigenvalue weighted by atomic mass is 16.4. The highest BCUT2D eigenvalue weighted by Crippen LogP contribution is 2.15. The van der Waals surface area contributed by atoms with Gasteiger partial charge in [0.1, 0.15) is 17.5 Å². The summed E-state index contributed by atoms with van der Waals surface area (Å²) in [7, 11) is 1.60. The first-order valence-corrected chi connectivity index (χ1v) is 6.33. The van der Waals surface area contributed by atoms with Crippen molar-refractivity contribution in [1.82, 2.24) is 14.8 Å². The molecule has 0 aliphatic carbocycles. The number of rotatable bonds is 5. The number of carboxylic acid groups (broad SMARTS) is 1. The molecule has 2 aromatic heterocycles. The van der Waals surface area contributed by atoms with E-state index in [1.54, 1.807) is 7.05 Å². The van der Waals surface area contributed by atoms with Gasteiger partial charge in [0.2, 0.25) is 5.78 Å². The van der Waals surface area contributed by atoms with E-state index in [0.29, 0.717) is 11.6 Å². The van der Waals surface area contributed by atoms with Crippen molar-refractivity contribution in [2.45, 2.75) is 19.8 Å². The van der Waals surface area contributed by atoms with Crippen LogP contribution in [0.4, 0.5) is 0 Å². The van der Waals surface area contributed by atoms with E-state index >= 15 is 0 Å². The van der Waals surface area contributed by atoms with Crippen molar-refractivity contribution in [3.05, 3.63) is 41.4 Å². The Morgan fingerprint density at radius 1 is 1.43 bits per heavy atom. The number of ketones is 1. The van der Waals surface area contributed by atoms with Gasteiger partial charge in [0.05, 0.1) is 11.9 Å². The average Bonchev–Trinajstić information content (AvgIpc) is 3.02. The number of carboxylic acids is 1. The number of aromatic nitrogens is 3. The Balaban J connectivity index is 2.22. The minimum Gasteiger partial charge on any atom is -0.478 e. The summed E-state index contributed by atoms with van der Waals surface area (Å²) < 4.78 is 6.58. The molecule has 0 aliphatic heterocycles. The lowest BCUT2D eigenvalue weighted by atomic mass is 10.2. The van der Waals surface area contributed by atoms with Gasteiger partial charge >= 0.3 is 5.97 Å². The molecule has 1 N–H and O–H groups in total. The van der Waals surface area contributed by atoms with Gasteiger partial charge in [-0.3, -0.25) is 9.48 Å². The number of carbonyl (C=O) groups excluding carboxylic acids is 1. The van der Waals surface area contributed by atoms with Gasteiger partial charge in [-0.25, -0.2) is 9.78 Å². The molecule has 2 rings (SSSR count). The molecule has 0 aromatic carbocycles. The van der Waals surface area contributed by atoms with Crippen molar-refractivity contribution in [1.29, 1.82) is 0 Å². The fraction of sp³-hybridized carbons (Fsp3) is 0.286. The summed E-state index contributed by atoms with van der Waals surface area (Å²) in [6.45, 7) is 3.81. The van der Waals surface area contributed by atoms with E-state index in [1.165, 1.54) is 29.3 Å². The second kappa shape index (κ2) is 5.74. The van der Waals surface area contributed by atoms with Gasteiger partial charge in [-0.05, 0) is 12.2 Å². The first-order chi connectivity index (χ1) is 9.90. The molecular formula is C14H15N3O4. The molecule has 2 aromatic rings. The number of nitrogens with zero attached hydrogens (tertiary/aromatic N) is 3. The second-order valence-corrected chi connectivity index (χ2v) is 4.80. The average molecular weight is 289 g/mol. The molecule has 0 spiro atoms. The molecule has 7 nitrogen and oxygen atoms in total. The Kier molecular flexibility index (Phi) is 4.02. The predicted molar refractivity (Wildman–Crippen MR) is 74.1 cm³/mol. The van der Waals surface area contributed by atoms with Gasteiger partial charge in [-0.1, -0.05) is 13.8 Å². The molecule has 110 valence electrons. The smallest absolute Gasteiger partial charge is 0.339 e. The van der Waals surface area contributed by atoms with E-state index in [4.69, 9.17) is 9.52 Å². The zero-order chi connectivity index (χ0) is 15.6. The highest BCUT2D eigenvalue weighted by Gasteiger charge is 2.15. The lowest BCUT2D eigenvalue weighted by Gasteiger charge is -1.96. The standard InChI is InChI=1S/C14H15N3O4/c1-8(2)13-16-10(7-21-13)12(18)5-4-11-9(14(19)20)6-15-17(11)3/h4-8H,1-3H3,(H,19,20). The second-order valence-electron chi connectivity index (χ2n) is 4.80. The first kappa shape index (κ1) is 14.7. The third kappa shape index (κ3) is 3.07. The fourth-order valence-electron chi connectivity index (χ4n) is 1.72. The van der Waals surface area contributed by atoms with Gasteiger partial charge < -0.3 is 9.52 Å². The summed E-state index contributed by atoms with van der Waals surface area (Å²) in [6.07, 6.45) is 5.19. The Bertz CT molecular complexity index is 710. The summed E-state index contributed by atoms with van der Waals surface area (Å²) >= 11 is 0. The van der Waals surface area contributed by atoms with Crippen LogP contribution in [0, 0.1) is 0 Å². The fourth-order valence-corrected chi connectivity index (χ4v) is 1.72. The summed E-state index contributed by atoms with van der Waals surface area (Å²) in [5.41, 5.74) is 0.557. The molecule has 0 radical (unpaired) electrons. The van der Waals surface area contributed by atoms with Crippen molar-refractivity contribution in [3.8, 4) is 0 Å². The predicted octanol–water partition coefficient (Wildman–Crippen LogP) is 2.13. The summed E-state index contributed by atoms with van der Waals surface area (Å²) in [5.74, 6) is -0.883. The van der Waals surface area contributed by atoms with Crippen molar-refractivity contribution in [2.75, 3.05) is 0 Å². The van der Waals surface area contributed by atoms with E-state index in [1.807, 2.05) is 13.8 Å². The van der Waals surface area contributed by atoms with Gasteiger partial charge in [-0.15, -0.1) is 0 Å². The Hall–Kier alpha value is -2.70. The van der Waals surface area contributed by atoms with Gasteiger partial charge in [0.15, 0.2) is 5.89 Å². The molecule has 21 heavy (non-hydrogen) atoms. The summed E-state index contributed by atoms with van der Waals surface area (Å²) in [4.78, 5) is 27.1. The maximum absolute atomic E-state index is 12.0. The number of carbonyl (C=O) groups is 2. The molecule has 0 amide bonds. The zero-order valence-corrected chi connectivity index (χ0v) is 11.9. The molecule has 0 atom stereocenters. The van der Waals surface area contributed by atoms with Crippen LogP contribution in [0.3, 0.4) is 0 Å². The van der Waals surface area contributed by atoms with Crippen molar-refractivity contribution >= 4 is 17.8 Å². The summed E-state index contributed by atoms with van der Waals surface area (Å²) in [5, 5.41) is 12.9. The zero-order valence-electron chi connectivity index (χ0n) is 11.9. The minimum atomic E-state index is -1.10. The van der Waals surface area contributed by atoms with Crippen LogP contribution in [0.25, 0.3) is 6.08 Å². The SMILES string of the molecule is CC(C)c1nc(C(=O)C=Cc2c(C(=O)O)cnn2C)co1. The van der Waals surface area contributed by atoms with E-state index in [-0.39, 0.29) is 23.0 Å². The van der Waals surface area contributed by atoms with Gasteiger partial charge in [0.25, 0.3) is 0 Å². The Morgan fingerprint density at radius 3 is 2.71 bits per heavy atom. The first-order valence-electron chi connectivity index (χ1n) is 6.33. The van der Waals surface area contributed by atoms with Crippen molar-refractivity contribution < 1.29 is 19.1 Å². The normalized spacial score (nSPS) is 11.4. The maximum atomic E-state index is 12.0. The number of aryl methyl sites for hydroxylation is 1. The van der Waals surface area contributed by atoms with Gasteiger partial charge in [-0.2, -0.15) is 5.10 Å². The van der Waals surface area contributed by atoms with Crippen LogP contribution < -0.4 is 0 Å². The number of aromatic carboxylic acids is 1. The quantitative estimate of drug-likeness (QED) is 0.668. The number of hydrogen-bond donors (Lipinski definition) is 1.